The largest absolute Gasteiger partial charge is 0.319 e. The summed E-state index contributed by atoms with van der Waals surface area (Å²) >= 11 is 4.77. The Morgan fingerprint density at radius 2 is 2.05 bits per heavy atom. The average molecular weight is 354 g/mol. The van der Waals surface area contributed by atoms with E-state index in [0.29, 0.717) is 10.0 Å². The van der Waals surface area contributed by atoms with E-state index in [2.05, 4.69) is 21.2 Å². The molecule has 0 fully saturated rings. The lowest BCUT2D eigenvalue weighted by molar-refractivity contribution is 0.102. The summed E-state index contributed by atoms with van der Waals surface area (Å²) < 4.78 is 14.4. The topological polar surface area (TPSA) is 29.1 Å². The number of benzene rings is 2. The highest BCUT2D eigenvalue weighted by Crippen LogP contribution is 2.24. The molecule has 2 aromatic carbocycles. The van der Waals surface area contributed by atoms with Crippen LogP contribution >= 0.6 is 27.7 Å². The van der Waals surface area contributed by atoms with Gasteiger partial charge in [-0.3, -0.25) is 4.79 Å². The van der Waals surface area contributed by atoms with Crippen molar-refractivity contribution in [2.24, 2.45) is 0 Å². The second-order valence-electron chi connectivity index (χ2n) is 4.01. The molecule has 2 nitrogen and oxygen atoms in total. The number of amides is 1. The molecule has 0 aliphatic rings. The van der Waals surface area contributed by atoms with Crippen molar-refractivity contribution in [3.05, 3.63) is 58.3 Å². The molecule has 0 heterocycles. The second kappa shape index (κ2) is 6.90. The first-order valence-electron chi connectivity index (χ1n) is 6.10. The normalized spacial score (nSPS) is 10.3. The minimum Gasteiger partial charge on any atom is -0.319 e. The highest BCUT2D eigenvalue weighted by atomic mass is 79.9. The maximum Gasteiger partial charge on any atom is 0.256 e. The van der Waals surface area contributed by atoms with Gasteiger partial charge >= 0.3 is 0 Å². The van der Waals surface area contributed by atoms with Crippen molar-refractivity contribution in [3.8, 4) is 0 Å². The third-order valence-corrected chi connectivity index (χ3v) is 4.06. The molecule has 2 aromatic rings. The number of nitrogens with one attached hydrogen (secondary N) is 1. The van der Waals surface area contributed by atoms with E-state index in [-0.39, 0.29) is 11.6 Å². The van der Waals surface area contributed by atoms with Crippen LogP contribution in [-0.4, -0.2) is 11.7 Å². The number of hydrogen-bond acceptors (Lipinski definition) is 2. The lowest BCUT2D eigenvalue weighted by Gasteiger charge is -2.10. The van der Waals surface area contributed by atoms with Gasteiger partial charge in [-0.1, -0.05) is 35.0 Å². The van der Waals surface area contributed by atoms with Gasteiger partial charge in [0.05, 0.1) is 11.3 Å². The van der Waals surface area contributed by atoms with Crippen LogP contribution in [0.2, 0.25) is 0 Å². The highest BCUT2D eigenvalue weighted by molar-refractivity contribution is 9.10. The molecule has 0 spiro atoms. The molecule has 104 valence electrons. The Kier molecular flexibility index (Phi) is 5.20. The first-order valence-corrected chi connectivity index (χ1v) is 7.88. The van der Waals surface area contributed by atoms with Crippen molar-refractivity contribution in [1.82, 2.24) is 0 Å². The maximum atomic E-state index is 13.7. The zero-order valence-electron chi connectivity index (χ0n) is 10.8. The lowest BCUT2D eigenvalue weighted by atomic mass is 10.2. The van der Waals surface area contributed by atoms with E-state index < -0.39 is 5.82 Å². The molecular weight excluding hydrogens is 341 g/mol. The van der Waals surface area contributed by atoms with Crippen LogP contribution in [0.15, 0.2) is 51.8 Å². The monoisotopic (exact) mass is 353 g/mol. The van der Waals surface area contributed by atoms with E-state index in [1.807, 2.05) is 19.1 Å². The third-order valence-electron chi connectivity index (χ3n) is 2.61. The van der Waals surface area contributed by atoms with Crippen LogP contribution in [0.4, 0.5) is 10.1 Å². The first kappa shape index (κ1) is 15.1. The number of hydrogen-bond donors (Lipinski definition) is 1. The fourth-order valence-electron chi connectivity index (χ4n) is 1.72. The quantitative estimate of drug-likeness (QED) is 0.787. The van der Waals surface area contributed by atoms with Gasteiger partial charge in [-0.05, 0) is 36.1 Å². The van der Waals surface area contributed by atoms with E-state index in [1.165, 1.54) is 12.1 Å². The average Bonchev–Trinajstić information content (AvgIpc) is 2.43. The molecular formula is C15H13BrFNOS. The zero-order chi connectivity index (χ0) is 14.5. The third kappa shape index (κ3) is 3.61. The summed E-state index contributed by atoms with van der Waals surface area (Å²) in [4.78, 5) is 13.1. The number of thioether (sulfide) groups is 1. The van der Waals surface area contributed by atoms with Gasteiger partial charge in [-0.25, -0.2) is 4.39 Å². The van der Waals surface area contributed by atoms with Gasteiger partial charge in [0.2, 0.25) is 0 Å². The number of carbonyl (C=O) groups excluding carboxylic acids is 1. The minimum absolute atomic E-state index is 0.175. The minimum atomic E-state index is -0.464. The molecule has 0 bridgehead atoms. The number of anilines is 1. The Hall–Kier alpha value is -1.33. The van der Waals surface area contributed by atoms with Crippen LogP contribution < -0.4 is 5.32 Å². The summed E-state index contributed by atoms with van der Waals surface area (Å²) in [5.41, 5.74) is 0.733. The molecule has 0 radical (unpaired) electrons. The Morgan fingerprint density at radius 1 is 1.30 bits per heavy atom. The van der Waals surface area contributed by atoms with Crippen LogP contribution in [0.3, 0.4) is 0 Å². The predicted octanol–water partition coefficient (Wildman–Crippen LogP) is 4.95. The Labute approximate surface area is 129 Å². The SMILES string of the molecule is CCSc1ccccc1C(=O)Nc1ccc(Br)cc1F. The summed E-state index contributed by atoms with van der Waals surface area (Å²) in [6, 6.07) is 11.9. The van der Waals surface area contributed by atoms with Gasteiger partial charge in [-0.15, -0.1) is 11.8 Å². The smallest absolute Gasteiger partial charge is 0.256 e. The van der Waals surface area contributed by atoms with E-state index >= 15 is 0 Å². The van der Waals surface area contributed by atoms with Crippen LogP contribution in [0.25, 0.3) is 0 Å². The molecule has 5 heteroatoms. The Bertz CT molecular complexity index is 633. The summed E-state index contributed by atoms with van der Waals surface area (Å²) in [5.74, 6) is 0.104. The molecule has 0 unspecified atom stereocenters. The van der Waals surface area contributed by atoms with E-state index in [0.717, 1.165) is 10.6 Å². The van der Waals surface area contributed by atoms with Crippen LogP contribution in [0.5, 0.6) is 0 Å². The Balaban J connectivity index is 2.24. The van der Waals surface area contributed by atoms with Gasteiger partial charge in [0.15, 0.2) is 0 Å². The molecule has 20 heavy (non-hydrogen) atoms. The number of halogens is 2. The molecule has 0 aliphatic heterocycles. The van der Waals surface area contributed by atoms with Crippen molar-refractivity contribution < 1.29 is 9.18 Å². The van der Waals surface area contributed by atoms with Crippen LogP contribution in [-0.2, 0) is 0 Å². The van der Waals surface area contributed by atoms with E-state index in [9.17, 15) is 9.18 Å². The summed E-state index contributed by atoms with van der Waals surface area (Å²) in [5, 5.41) is 2.60. The van der Waals surface area contributed by atoms with Crippen molar-refractivity contribution in [2.75, 3.05) is 11.1 Å². The number of carbonyl (C=O) groups is 1. The Morgan fingerprint density at radius 3 is 2.75 bits per heavy atom. The zero-order valence-corrected chi connectivity index (χ0v) is 13.2. The highest BCUT2D eigenvalue weighted by Gasteiger charge is 2.13. The summed E-state index contributed by atoms with van der Waals surface area (Å²) in [6.07, 6.45) is 0. The standard InChI is InChI=1S/C15H13BrFNOS/c1-2-20-14-6-4-3-5-11(14)15(19)18-13-8-7-10(16)9-12(13)17/h3-9H,2H2,1H3,(H,18,19). The second-order valence-corrected chi connectivity index (χ2v) is 6.23. The molecule has 0 saturated heterocycles. The van der Waals surface area contributed by atoms with Crippen molar-refractivity contribution in [1.29, 1.82) is 0 Å². The molecule has 0 aliphatic carbocycles. The molecule has 2 rings (SSSR count). The maximum absolute atomic E-state index is 13.7. The van der Waals surface area contributed by atoms with Crippen LogP contribution in [0, 0.1) is 5.82 Å². The fraction of sp³-hybridized carbons (Fsp3) is 0.133. The molecule has 0 atom stereocenters. The summed E-state index contributed by atoms with van der Waals surface area (Å²) in [6.45, 7) is 2.02. The molecule has 1 N–H and O–H groups in total. The molecule has 0 saturated carbocycles. The van der Waals surface area contributed by atoms with Gasteiger partial charge < -0.3 is 5.32 Å². The van der Waals surface area contributed by atoms with Crippen molar-refractivity contribution in [3.63, 3.8) is 0 Å². The molecule has 0 aromatic heterocycles. The fourth-order valence-corrected chi connectivity index (χ4v) is 2.85. The molecule has 1 amide bonds. The predicted molar refractivity (Wildman–Crippen MR) is 84.9 cm³/mol. The van der Waals surface area contributed by atoms with Gasteiger partial charge in [0.25, 0.3) is 5.91 Å². The van der Waals surface area contributed by atoms with Gasteiger partial charge in [0, 0.05) is 9.37 Å². The van der Waals surface area contributed by atoms with Crippen LogP contribution in [0.1, 0.15) is 17.3 Å². The lowest BCUT2D eigenvalue weighted by Crippen LogP contribution is -2.14. The van der Waals surface area contributed by atoms with E-state index in [1.54, 1.807) is 30.0 Å². The first-order chi connectivity index (χ1) is 9.61. The van der Waals surface area contributed by atoms with Gasteiger partial charge in [-0.2, -0.15) is 0 Å². The van der Waals surface area contributed by atoms with Crippen molar-refractivity contribution in [2.45, 2.75) is 11.8 Å². The van der Waals surface area contributed by atoms with Gasteiger partial charge in [0.1, 0.15) is 5.82 Å². The van der Waals surface area contributed by atoms with E-state index in [4.69, 9.17) is 0 Å². The van der Waals surface area contributed by atoms with Crippen molar-refractivity contribution >= 4 is 39.3 Å². The summed E-state index contributed by atoms with van der Waals surface area (Å²) in [7, 11) is 0. The number of rotatable bonds is 4.